The van der Waals surface area contributed by atoms with Gasteiger partial charge in [-0.05, 0) is 36.8 Å². The Kier molecular flexibility index (Phi) is 16.3. The summed E-state index contributed by atoms with van der Waals surface area (Å²) < 4.78 is 5.27. The molecule has 0 fully saturated rings. The first kappa shape index (κ1) is 24.0. The second kappa shape index (κ2) is 18.3. The van der Waals surface area contributed by atoms with Gasteiger partial charge >= 0.3 is 5.97 Å². The van der Waals surface area contributed by atoms with Crippen LogP contribution in [0.2, 0.25) is 0 Å². The van der Waals surface area contributed by atoms with Crippen molar-refractivity contribution in [1.82, 2.24) is 4.98 Å². The van der Waals surface area contributed by atoms with E-state index in [1.165, 1.54) is 75.7 Å². The normalized spacial score (nSPS) is 10.9. The number of hydrogen-bond acceptors (Lipinski definition) is 4. The molecule has 0 saturated heterocycles. The summed E-state index contributed by atoms with van der Waals surface area (Å²) >= 11 is 2.13. The van der Waals surface area contributed by atoms with Crippen LogP contribution in [0.3, 0.4) is 0 Å². The highest BCUT2D eigenvalue weighted by Gasteiger charge is 2.03. The van der Waals surface area contributed by atoms with Crippen LogP contribution in [-0.4, -0.2) is 22.5 Å². The zero-order valence-electron chi connectivity index (χ0n) is 17.3. The molecule has 0 aliphatic heterocycles. The fourth-order valence-electron chi connectivity index (χ4n) is 2.99. The molecular weight excluding hydrogens is 354 g/mol. The summed E-state index contributed by atoms with van der Waals surface area (Å²) in [6, 6.07) is 3.78. The molecular formula is C23H39NO2S. The van der Waals surface area contributed by atoms with Crippen molar-refractivity contribution in [2.75, 3.05) is 11.5 Å². The van der Waals surface area contributed by atoms with Gasteiger partial charge in [0.05, 0.1) is 0 Å². The Morgan fingerprint density at radius 1 is 0.926 bits per heavy atom. The lowest BCUT2D eigenvalue weighted by Gasteiger charge is -2.05. The highest BCUT2D eigenvalue weighted by molar-refractivity contribution is 7.99. The number of unbranched alkanes of at least 4 members (excludes halogenated alkanes) is 10. The summed E-state index contributed by atoms with van der Waals surface area (Å²) in [5.74, 6) is 2.61. The first-order valence-electron chi connectivity index (χ1n) is 10.9. The topological polar surface area (TPSA) is 39.2 Å². The van der Waals surface area contributed by atoms with Crippen molar-refractivity contribution in [3.8, 4) is 0 Å². The summed E-state index contributed by atoms with van der Waals surface area (Å²) in [5, 5.41) is 0. The van der Waals surface area contributed by atoms with Gasteiger partial charge in [-0.3, -0.25) is 9.78 Å². The van der Waals surface area contributed by atoms with Gasteiger partial charge in [-0.2, -0.15) is 11.8 Å². The van der Waals surface area contributed by atoms with Crippen molar-refractivity contribution in [2.24, 2.45) is 0 Å². The molecule has 0 spiro atoms. The van der Waals surface area contributed by atoms with Crippen molar-refractivity contribution in [1.29, 1.82) is 0 Å². The lowest BCUT2D eigenvalue weighted by Crippen LogP contribution is -2.04. The molecule has 1 aromatic rings. The van der Waals surface area contributed by atoms with E-state index in [0.29, 0.717) is 13.0 Å². The monoisotopic (exact) mass is 393 g/mol. The average Bonchev–Trinajstić information content (AvgIpc) is 2.70. The summed E-state index contributed by atoms with van der Waals surface area (Å²) in [5.41, 5.74) is 0.945. The van der Waals surface area contributed by atoms with E-state index in [9.17, 15) is 4.79 Å². The van der Waals surface area contributed by atoms with Gasteiger partial charge in [0.25, 0.3) is 0 Å². The van der Waals surface area contributed by atoms with Crippen LogP contribution in [0.4, 0.5) is 0 Å². The fourth-order valence-corrected chi connectivity index (χ4v) is 4.01. The predicted molar refractivity (Wildman–Crippen MR) is 117 cm³/mol. The minimum atomic E-state index is -0.0913. The fraction of sp³-hybridized carbons (Fsp3) is 0.739. The van der Waals surface area contributed by atoms with Crippen molar-refractivity contribution >= 4 is 17.7 Å². The molecule has 154 valence electrons. The molecule has 1 aromatic heterocycles. The van der Waals surface area contributed by atoms with Gasteiger partial charge in [-0.1, -0.05) is 70.8 Å². The minimum Gasteiger partial charge on any atom is -0.461 e. The lowest BCUT2D eigenvalue weighted by atomic mass is 10.1. The standard InChI is InChI=1S/C23H39NO2S/c1-2-3-12-18-27-19-13-10-8-6-4-5-7-9-11-16-23(25)26-21-22-15-14-17-24-20-22/h14-15,17,20H,2-13,16,18-19,21H2,1H3. The van der Waals surface area contributed by atoms with E-state index >= 15 is 0 Å². The van der Waals surface area contributed by atoms with Crippen LogP contribution in [0.1, 0.15) is 96.0 Å². The van der Waals surface area contributed by atoms with E-state index in [1.807, 2.05) is 12.1 Å². The first-order valence-corrected chi connectivity index (χ1v) is 12.1. The minimum absolute atomic E-state index is 0.0913. The van der Waals surface area contributed by atoms with Crippen LogP contribution in [-0.2, 0) is 16.1 Å². The molecule has 1 rings (SSSR count). The number of aromatic nitrogens is 1. The number of carbonyl (C=O) groups excluding carboxylic acids is 1. The number of ether oxygens (including phenoxy) is 1. The Hall–Kier alpha value is -1.03. The number of pyridine rings is 1. The third-order valence-corrected chi connectivity index (χ3v) is 5.84. The van der Waals surface area contributed by atoms with E-state index in [-0.39, 0.29) is 5.97 Å². The largest absolute Gasteiger partial charge is 0.461 e. The third kappa shape index (κ3) is 15.7. The maximum absolute atomic E-state index is 11.7. The molecule has 0 bridgehead atoms. The van der Waals surface area contributed by atoms with Crippen LogP contribution in [0, 0.1) is 0 Å². The SMILES string of the molecule is CCCCCSCCCCCCCCCCCC(=O)OCc1cccnc1. The number of rotatable bonds is 18. The molecule has 0 radical (unpaired) electrons. The Morgan fingerprint density at radius 3 is 2.19 bits per heavy atom. The molecule has 27 heavy (non-hydrogen) atoms. The maximum atomic E-state index is 11.7. The van der Waals surface area contributed by atoms with Crippen LogP contribution >= 0.6 is 11.8 Å². The molecule has 0 atom stereocenters. The Balaban J connectivity index is 1.77. The molecule has 4 heteroatoms. The van der Waals surface area contributed by atoms with Gasteiger partial charge in [0, 0.05) is 24.4 Å². The first-order chi connectivity index (χ1) is 13.3. The molecule has 0 aliphatic rings. The quantitative estimate of drug-likeness (QED) is 0.200. The van der Waals surface area contributed by atoms with Crippen LogP contribution in [0.5, 0.6) is 0 Å². The molecule has 0 N–H and O–H groups in total. The predicted octanol–water partition coefficient (Wildman–Crippen LogP) is 6.95. The Morgan fingerprint density at radius 2 is 1.56 bits per heavy atom. The van der Waals surface area contributed by atoms with E-state index in [2.05, 4.69) is 23.7 Å². The molecule has 3 nitrogen and oxygen atoms in total. The molecule has 0 unspecified atom stereocenters. The number of nitrogens with zero attached hydrogens (tertiary/aromatic N) is 1. The molecule has 0 saturated carbocycles. The van der Waals surface area contributed by atoms with Gasteiger partial charge in [0.2, 0.25) is 0 Å². The van der Waals surface area contributed by atoms with Crippen LogP contribution in [0.15, 0.2) is 24.5 Å². The molecule has 0 amide bonds. The number of thioether (sulfide) groups is 1. The number of hydrogen-bond donors (Lipinski definition) is 0. The van der Waals surface area contributed by atoms with Gasteiger partial charge in [-0.25, -0.2) is 0 Å². The summed E-state index contributed by atoms with van der Waals surface area (Å²) in [4.78, 5) is 15.7. The summed E-state index contributed by atoms with van der Waals surface area (Å²) in [6.07, 6.45) is 19.6. The van der Waals surface area contributed by atoms with Crippen molar-refractivity contribution < 1.29 is 9.53 Å². The van der Waals surface area contributed by atoms with E-state index in [1.54, 1.807) is 12.4 Å². The smallest absolute Gasteiger partial charge is 0.306 e. The highest BCUT2D eigenvalue weighted by atomic mass is 32.2. The van der Waals surface area contributed by atoms with E-state index in [4.69, 9.17) is 4.74 Å². The van der Waals surface area contributed by atoms with Gasteiger partial charge < -0.3 is 4.74 Å². The summed E-state index contributed by atoms with van der Waals surface area (Å²) in [6.45, 7) is 2.61. The van der Waals surface area contributed by atoms with Crippen LogP contribution in [0.25, 0.3) is 0 Å². The van der Waals surface area contributed by atoms with Crippen LogP contribution < -0.4 is 0 Å². The zero-order valence-corrected chi connectivity index (χ0v) is 18.1. The van der Waals surface area contributed by atoms with Crippen molar-refractivity contribution in [2.45, 2.75) is 97.0 Å². The van der Waals surface area contributed by atoms with Gasteiger partial charge in [-0.15, -0.1) is 0 Å². The zero-order chi connectivity index (χ0) is 19.4. The molecule has 0 aromatic carbocycles. The van der Waals surface area contributed by atoms with Crippen molar-refractivity contribution in [3.63, 3.8) is 0 Å². The second-order valence-electron chi connectivity index (χ2n) is 7.27. The Bertz CT molecular complexity index is 453. The number of carbonyl (C=O) groups is 1. The lowest BCUT2D eigenvalue weighted by molar-refractivity contribution is -0.145. The van der Waals surface area contributed by atoms with E-state index in [0.717, 1.165) is 18.4 Å². The highest BCUT2D eigenvalue weighted by Crippen LogP contribution is 2.13. The number of esters is 1. The summed E-state index contributed by atoms with van der Waals surface area (Å²) in [7, 11) is 0. The average molecular weight is 394 g/mol. The second-order valence-corrected chi connectivity index (χ2v) is 8.50. The molecule has 1 heterocycles. The third-order valence-electron chi connectivity index (χ3n) is 4.68. The van der Waals surface area contributed by atoms with Gasteiger partial charge in [0.1, 0.15) is 6.61 Å². The molecule has 0 aliphatic carbocycles. The van der Waals surface area contributed by atoms with E-state index < -0.39 is 0 Å². The maximum Gasteiger partial charge on any atom is 0.306 e. The Labute approximate surface area is 171 Å². The van der Waals surface area contributed by atoms with Crippen molar-refractivity contribution in [3.05, 3.63) is 30.1 Å². The van der Waals surface area contributed by atoms with Gasteiger partial charge in [0.15, 0.2) is 0 Å².